The molecule has 2 aromatic rings. The Morgan fingerprint density at radius 2 is 2.04 bits per heavy atom. The van der Waals surface area contributed by atoms with Crippen molar-refractivity contribution in [2.75, 3.05) is 17.3 Å². The second kappa shape index (κ2) is 7.23. The summed E-state index contributed by atoms with van der Waals surface area (Å²) in [5.41, 5.74) is 2.27. The molecular weight excluding hydrogens is 340 g/mol. The number of aromatic nitrogens is 1. The number of hydrogen-bond donors (Lipinski definition) is 2. The zero-order chi connectivity index (χ0) is 18.8. The van der Waals surface area contributed by atoms with Crippen LogP contribution in [0.1, 0.15) is 41.3 Å². The second-order valence-corrected chi connectivity index (χ2v) is 6.95. The van der Waals surface area contributed by atoms with Crippen molar-refractivity contribution < 1.29 is 9.59 Å². The van der Waals surface area contributed by atoms with E-state index in [9.17, 15) is 9.59 Å². The van der Waals surface area contributed by atoms with Gasteiger partial charge in [-0.2, -0.15) is 0 Å². The standard InChI is InChI=1S/C21H22N4O2/c1-25-18(24-21(27)17-8-5-13-22-19(17)25)14-9-11-16(12-10-14)23-20(26)15-6-3-2-4-7-15/h2-3,5,8-13,15,18H,4,6-7H2,1H3,(H,23,26)(H,24,27). The number of pyridine rings is 1. The Labute approximate surface area is 158 Å². The molecule has 2 unspecified atom stereocenters. The van der Waals surface area contributed by atoms with E-state index in [-0.39, 0.29) is 23.9 Å². The van der Waals surface area contributed by atoms with Gasteiger partial charge in [0.1, 0.15) is 12.0 Å². The number of rotatable bonds is 3. The molecule has 0 saturated heterocycles. The van der Waals surface area contributed by atoms with Crippen LogP contribution in [-0.4, -0.2) is 23.8 Å². The van der Waals surface area contributed by atoms with Crippen LogP contribution in [0.5, 0.6) is 0 Å². The van der Waals surface area contributed by atoms with Gasteiger partial charge in [0.25, 0.3) is 5.91 Å². The highest BCUT2D eigenvalue weighted by atomic mass is 16.2. The lowest BCUT2D eigenvalue weighted by atomic mass is 9.93. The lowest BCUT2D eigenvalue weighted by Crippen LogP contribution is -2.45. The van der Waals surface area contributed by atoms with E-state index in [1.165, 1.54) is 0 Å². The van der Waals surface area contributed by atoms with Gasteiger partial charge in [-0.15, -0.1) is 0 Å². The maximum Gasteiger partial charge on any atom is 0.256 e. The van der Waals surface area contributed by atoms with Crippen LogP contribution in [0, 0.1) is 5.92 Å². The van der Waals surface area contributed by atoms with Crippen molar-refractivity contribution in [1.82, 2.24) is 10.3 Å². The van der Waals surface area contributed by atoms with Crippen molar-refractivity contribution in [3.63, 3.8) is 0 Å². The van der Waals surface area contributed by atoms with Crippen LogP contribution < -0.4 is 15.5 Å². The number of hydrogen-bond acceptors (Lipinski definition) is 4. The Bertz CT molecular complexity index is 891. The molecule has 2 N–H and O–H groups in total. The summed E-state index contributed by atoms with van der Waals surface area (Å²) in [6, 6.07) is 11.1. The van der Waals surface area contributed by atoms with E-state index in [2.05, 4.69) is 27.8 Å². The van der Waals surface area contributed by atoms with Crippen LogP contribution in [0.2, 0.25) is 0 Å². The van der Waals surface area contributed by atoms with E-state index in [4.69, 9.17) is 0 Å². The van der Waals surface area contributed by atoms with Gasteiger partial charge < -0.3 is 15.5 Å². The van der Waals surface area contributed by atoms with Crippen LogP contribution >= 0.6 is 0 Å². The minimum atomic E-state index is -0.298. The first-order valence-corrected chi connectivity index (χ1v) is 9.18. The number of amides is 2. The Kier molecular flexibility index (Phi) is 4.62. The van der Waals surface area contributed by atoms with Gasteiger partial charge >= 0.3 is 0 Å². The van der Waals surface area contributed by atoms with Gasteiger partial charge in [-0.1, -0.05) is 24.3 Å². The minimum Gasteiger partial charge on any atom is -0.335 e. The fourth-order valence-electron chi connectivity index (χ4n) is 3.61. The van der Waals surface area contributed by atoms with Gasteiger partial charge in [-0.05, 0) is 49.1 Å². The molecular formula is C21H22N4O2. The van der Waals surface area contributed by atoms with Gasteiger partial charge in [-0.3, -0.25) is 9.59 Å². The van der Waals surface area contributed by atoms with Crippen LogP contribution in [0.15, 0.2) is 54.7 Å². The monoisotopic (exact) mass is 362 g/mol. The average molecular weight is 362 g/mol. The zero-order valence-corrected chi connectivity index (χ0v) is 15.2. The van der Waals surface area contributed by atoms with Crippen molar-refractivity contribution in [3.8, 4) is 0 Å². The Balaban J connectivity index is 1.48. The Hall–Kier alpha value is -3.15. The first-order valence-electron chi connectivity index (χ1n) is 9.18. The smallest absolute Gasteiger partial charge is 0.256 e. The van der Waals surface area contributed by atoms with E-state index >= 15 is 0 Å². The average Bonchev–Trinajstić information content (AvgIpc) is 2.72. The van der Waals surface area contributed by atoms with Gasteiger partial charge in [0.05, 0.1) is 5.56 Å². The predicted molar refractivity (Wildman–Crippen MR) is 104 cm³/mol. The highest BCUT2D eigenvalue weighted by molar-refractivity contribution is 6.01. The molecule has 1 aliphatic heterocycles. The molecule has 2 atom stereocenters. The number of nitrogens with zero attached hydrogens (tertiary/aromatic N) is 2. The van der Waals surface area contributed by atoms with Crippen molar-refractivity contribution in [2.45, 2.75) is 25.4 Å². The van der Waals surface area contributed by atoms with Crippen molar-refractivity contribution in [2.24, 2.45) is 5.92 Å². The van der Waals surface area contributed by atoms with Crippen LogP contribution in [-0.2, 0) is 4.79 Å². The molecule has 4 rings (SSSR count). The number of allylic oxidation sites excluding steroid dienone is 2. The molecule has 0 spiro atoms. The summed E-state index contributed by atoms with van der Waals surface area (Å²) in [5, 5.41) is 5.99. The van der Waals surface area contributed by atoms with E-state index in [1.807, 2.05) is 36.2 Å². The van der Waals surface area contributed by atoms with Gasteiger partial charge in [0.15, 0.2) is 0 Å². The SMILES string of the molecule is CN1c2ncccc2C(=O)NC1c1ccc(NC(=O)C2CC=CCC2)cc1. The highest BCUT2D eigenvalue weighted by Gasteiger charge is 2.30. The lowest BCUT2D eigenvalue weighted by molar-refractivity contribution is -0.120. The number of nitrogens with one attached hydrogen (secondary N) is 2. The van der Waals surface area contributed by atoms with Crippen molar-refractivity contribution >= 4 is 23.3 Å². The number of carbonyl (C=O) groups is 2. The lowest BCUT2D eigenvalue weighted by Gasteiger charge is -2.35. The fraction of sp³-hybridized carbons (Fsp3) is 0.286. The number of carbonyl (C=O) groups excluding carboxylic acids is 2. The van der Waals surface area contributed by atoms with E-state index in [0.29, 0.717) is 11.4 Å². The minimum absolute atomic E-state index is 0.0426. The zero-order valence-electron chi connectivity index (χ0n) is 15.2. The molecule has 0 bridgehead atoms. The van der Waals surface area contributed by atoms with Crippen LogP contribution in [0.4, 0.5) is 11.5 Å². The summed E-state index contributed by atoms with van der Waals surface area (Å²) in [5.74, 6) is 0.632. The molecule has 2 amide bonds. The summed E-state index contributed by atoms with van der Waals surface area (Å²) >= 11 is 0. The van der Waals surface area contributed by atoms with Crippen LogP contribution in [0.25, 0.3) is 0 Å². The van der Waals surface area contributed by atoms with Gasteiger partial charge in [0.2, 0.25) is 5.91 Å². The molecule has 0 fully saturated rings. The summed E-state index contributed by atoms with van der Waals surface area (Å²) < 4.78 is 0. The summed E-state index contributed by atoms with van der Waals surface area (Å²) in [4.78, 5) is 31.0. The van der Waals surface area contributed by atoms with E-state index in [0.717, 1.165) is 30.5 Å². The summed E-state index contributed by atoms with van der Waals surface area (Å²) in [6.45, 7) is 0. The largest absolute Gasteiger partial charge is 0.335 e. The maximum absolute atomic E-state index is 12.4. The topological polar surface area (TPSA) is 74.3 Å². The highest BCUT2D eigenvalue weighted by Crippen LogP contribution is 2.30. The first kappa shape index (κ1) is 17.3. The molecule has 138 valence electrons. The maximum atomic E-state index is 12.4. The molecule has 0 saturated carbocycles. The molecule has 1 aliphatic carbocycles. The fourth-order valence-corrected chi connectivity index (χ4v) is 3.61. The number of benzene rings is 1. The quantitative estimate of drug-likeness (QED) is 0.822. The third-order valence-electron chi connectivity index (χ3n) is 5.15. The first-order chi connectivity index (χ1) is 13.1. The molecule has 1 aromatic carbocycles. The summed E-state index contributed by atoms with van der Waals surface area (Å²) in [7, 11) is 1.90. The second-order valence-electron chi connectivity index (χ2n) is 6.95. The summed E-state index contributed by atoms with van der Waals surface area (Å²) in [6.07, 6.45) is 8.24. The number of anilines is 2. The predicted octanol–water partition coefficient (Wildman–Crippen LogP) is 3.25. The molecule has 6 heteroatoms. The molecule has 1 aromatic heterocycles. The van der Waals surface area contributed by atoms with Crippen LogP contribution in [0.3, 0.4) is 0 Å². The van der Waals surface area contributed by atoms with E-state index < -0.39 is 0 Å². The van der Waals surface area contributed by atoms with Gasteiger partial charge in [0, 0.05) is 24.8 Å². The third kappa shape index (κ3) is 3.43. The third-order valence-corrected chi connectivity index (χ3v) is 5.15. The molecule has 2 heterocycles. The van der Waals surface area contributed by atoms with Crippen molar-refractivity contribution in [1.29, 1.82) is 0 Å². The molecule has 6 nitrogen and oxygen atoms in total. The van der Waals surface area contributed by atoms with Gasteiger partial charge in [-0.25, -0.2) is 4.98 Å². The normalized spacial score (nSPS) is 21.4. The van der Waals surface area contributed by atoms with E-state index in [1.54, 1.807) is 18.3 Å². The molecule has 2 aliphatic rings. The Morgan fingerprint density at radius 3 is 2.78 bits per heavy atom. The molecule has 27 heavy (non-hydrogen) atoms. The Morgan fingerprint density at radius 1 is 1.22 bits per heavy atom. The molecule has 0 radical (unpaired) electrons. The van der Waals surface area contributed by atoms with Crippen molar-refractivity contribution in [3.05, 3.63) is 65.9 Å². The number of fused-ring (bicyclic) bond motifs is 1.